The predicted octanol–water partition coefficient (Wildman–Crippen LogP) is 4.02. The van der Waals surface area contributed by atoms with Crippen molar-refractivity contribution in [1.29, 1.82) is 0 Å². The molecule has 1 aliphatic heterocycles. The van der Waals surface area contributed by atoms with E-state index in [2.05, 4.69) is 10.1 Å². The largest absolute Gasteiger partial charge is 0.485 e. The fourth-order valence-electron chi connectivity index (χ4n) is 3.02. The van der Waals surface area contributed by atoms with Crippen LogP contribution in [0, 0.1) is 5.82 Å². The molecule has 0 aromatic heterocycles. The second-order valence-corrected chi connectivity index (χ2v) is 10.1. The molecule has 2 aromatic carbocycles. The predicted molar refractivity (Wildman–Crippen MR) is 116 cm³/mol. The van der Waals surface area contributed by atoms with Crippen molar-refractivity contribution in [1.82, 2.24) is 0 Å². The number of nitrogens with zero attached hydrogens (tertiary/aromatic N) is 1. The monoisotopic (exact) mass is 505 g/mol. The van der Waals surface area contributed by atoms with Crippen LogP contribution in [0.4, 0.5) is 33.7 Å². The number of halogens is 4. The molecule has 0 saturated carbocycles. The first-order chi connectivity index (χ1) is 15.6. The van der Waals surface area contributed by atoms with E-state index in [1.165, 1.54) is 18.2 Å². The van der Waals surface area contributed by atoms with Gasteiger partial charge in [0.15, 0.2) is 0 Å². The molecule has 0 unspecified atom stereocenters. The molecule has 1 amide bonds. The first-order valence-corrected chi connectivity index (χ1v) is 11.5. The number of alkyl halides is 3. The summed E-state index contributed by atoms with van der Waals surface area (Å²) in [6, 6.07) is 7.50. The van der Waals surface area contributed by atoms with E-state index in [1.54, 1.807) is 6.92 Å². The van der Waals surface area contributed by atoms with Crippen LogP contribution in [0.3, 0.4) is 0 Å². The van der Waals surface area contributed by atoms with E-state index >= 15 is 0 Å². The summed E-state index contributed by atoms with van der Waals surface area (Å²) < 4.78 is 90.2. The molecule has 0 saturated heterocycles. The number of nitrogens with one attached hydrogen (secondary N) is 1. The zero-order valence-electron chi connectivity index (χ0n) is 18.4. The Hall–Kier alpha value is -3.06. The maximum absolute atomic E-state index is 13.3. The van der Waals surface area contributed by atoms with Crippen LogP contribution < -0.4 is 20.1 Å². The van der Waals surface area contributed by atoms with Crippen molar-refractivity contribution in [2.75, 3.05) is 16.2 Å². The van der Waals surface area contributed by atoms with Crippen LogP contribution >= 0.6 is 0 Å². The Morgan fingerprint density at radius 2 is 1.82 bits per heavy atom. The van der Waals surface area contributed by atoms with Crippen molar-refractivity contribution in [3.05, 3.63) is 48.3 Å². The smallest absolute Gasteiger partial charge is 0.427 e. The van der Waals surface area contributed by atoms with Gasteiger partial charge in [-0.15, -0.1) is 0 Å². The molecule has 1 heterocycles. The molecule has 1 aliphatic rings. The number of sulfonamides is 1. The molecule has 3 N–H and O–H groups in total. The van der Waals surface area contributed by atoms with Crippen LogP contribution in [0.1, 0.15) is 20.8 Å². The number of amides is 1. The van der Waals surface area contributed by atoms with E-state index in [9.17, 15) is 30.8 Å². The number of benzene rings is 2. The summed E-state index contributed by atoms with van der Waals surface area (Å²) in [4.78, 5) is 11.9. The topological polar surface area (TPSA) is 111 Å². The molecule has 8 nitrogen and oxygen atoms in total. The van der Waals surface area contributed by atoms with Crippen molar-refractivity contribution in [2.24, 2.45) is 5.73 Å². The summed E-state index contributed by atoms with van der Waals surface area (Å²) in [6.07, 6.45) is -6.92. The van der Waals surface area contributed by atoms with Crippen molar-refractivity contribution < 1.29 is 40.2 Å². The lowest BCUT2D eigenvalue weighted by Gasteiger charge is -2.37. The fraction of sp³-hybridized carbons (Fsp3) is 0.381. The van der Waals surface area contributed by atoms with E-state index in [1.807, 2.05) is 0 Å². The highest BCUT2D eigenvalue weighted by atomic mass is 32.2. The second-order valence-electron chi connectivity index (χ2n) is 8.21. The molecule has 0 radical (unpaired) electrons. The summed E-state index contributed by atoms with van der Waals surface area (Å²) >= 11 is 0. The number of fused-ring (bicyclic) bond motifs is 1. The molecule has 0 bridgehead atoms. The number of anilines is 2. The molecular weight excluding hydrogens is 482 g/mol. The lowest BCUT2D eigenvalue weighted by Crippen LogP contribution is -2.50. The minimum Gasteiger partial charge on any atom is -0.485 e. The van der Waals surface area contributed by atoms with Gasteiger partial charge in [-0.3, -0.25) is 9.62 Å². The Bertz CT molecular complexity index is 1170. The number of rotatable bonds is 5. The maximum Gasteiger partial charge on any atom is 0.427 e. The average molecular weight is 505 g/mol. The number of carbonyl (C=O) groups excluding carboxylic acids is 1. The van der Waals surface area contributed by atoms with Gasteiger partial charge in [0.2, 0.25) is 5.60 Å². The SMILES string of the molecule is C[C@@H](N)[C@H]1CN(S(=O)(=O)c2ccc(F)cc2)c2cc(NC(=O)OC(C)(C)C(F)(F)F)ccc2O1. The van der Waals surface area contributed by atoms with Crippen molar-refractivity contribution in [3.63, 3.8) is 0 Å². The molecular formula is C21H23F4N3O5S. The van der Waals surface area contributed by atoms with Gasteiger partial charge in [0.05, 0.1) is 17.1 Å². The molecule has 0 aliphatic carbocycles. The van der Waals surface area contributed by atoms with Crippen LogP contribution in [-0.4, -0.2) is 45.0 Å². The third kappa shape index (κ3) is 5.20. The van der Waals surface area contributed by atoms with Gasteiger partial charge in [0.1, 0.15) is 17.7 Å². The molecule has 186 valence electrons. The van der Waals surface area contributed by atoms with E-state index in [0.717, 1.165) is 28.6 Å². The molecule has 34 heavy (non-hydrogen) atoms. The van der Waals surface area contributed by atoms with Crippen LogP contribution in [0.2, 0.25) is 0 Å². The van der Waals surface area contributed by atoms with E-state index in [0.29, 0.717) is 13.8 Å². The molecule has 2 aromatic rings. The summed E-state index contributed by atoms with van der Waals surface area (Å²) in [5.74, 6) is -0.504. The highest BCUT2D eigenvalue weighted by Crippen LogP contribution is 2.40. The summed E-state index contributed by atoms with van der Waals surface area (Å²) in [5, 5.41) is 2.16. The summed E-state index contributed by atoms with van der Waals surface area (Å²) in [5.41, 5.74) is 3.13. The van der Waals surface area contributed by atoms with Crippen LogP contribution in [-0.2, 0) is 14.8 Å². The Kier molecular flexibility index (Phi) is 6.73. The number of ether oxygens (including phenoxy) is 2. The third-order valence-electron chi connectivity index (χ3n) is 5.12. The van der Waals surface area contributed by atoms with Crippen molar-refractivity contribution in [3.8, 4) is 5.75 Å². The molecule has 0 spiro atoms. The standard InChI is InChI=1S/C21H23F4N3O5S/c1-12(26)18-11-28(34(30,31)15-7-4-13(22)5-8-15)16-10-14(6-9-17(16)32-18)27-19(29)33-20(2,3)21(23,24)25/h4-10,12,18H,11,26H2,1-3H3,(H,27,29)/t12-,18-/m1/s1. The maximum atomic E-state index is 13.3. The van der Waals surface area contributed by atoms with Crippen LogP contribution in [0.5, 0.6) is 5.75 Å². The van der Waals surface area contributed by atoms with Gasteiger partial charge < -0.3 is 15.2 Å². The Balaban J connectivity index is 1.96. The summed E-state index contributed by atoms with van der Waals surface area (Å²) in [7, 11) is -4.21. The number of carbonyl (C=O) groups is 1. The lowest BCUT2D eigenvalue weighted by atomic mass is 10.1. The van der Waals surface area contributed by atoms with Gasteiger partial charge in [-0.25, -0.2) is 17.6 Å². The normalized spacial score (nSPS) is 17.4. The van der Waals surface area contributed by atoms with E-state index in [4.69, 9.17) is 10.5 Å². The van der Waals surface area contributed by atoms with Gasteiger partial charge in [0.25, 0.3) is 10.0 Å². The van der Waals surface area contributed by atoms with Gasteiger partial charge in [-0.2, -0.15) is 13.2 Å². The van der Waals surface area contributed by atoms with E-state index in [-0.39, 0.29) is 28.6 Å². The van der Waals surface area contributed by atoms with Crippen LogP contribution in [0.15, 0.2) is 47.4 Å². The van der Waals surface area contributed by atoms with Gasteiger partial charge in [-0.05, 0) is 63.2 Å². The van der Waals surface area contributed by atoms with Crippen molar-refractivity contribution >= 4 is 27.5 Å². The lowest BCUT2D eigenvalue weighted by molar-refractivity contribution is -0.242. The highest BCUT2D eigenvalue weighted by molar-refractivity contribution is 7.92. The summed E-state index contributed by atoms with van der Waals surface area (Å²) in [6.45, 7) is 2.82. The first kappa shape index (κ1) is 25.6. The average Bonchev–Trinajstić information content (AvgIpc) is 2.71. The Labute approximate surface area is 193 Å². The highest BCUT2D eigenvalue weighted by Gasteiger charge is 2.51. The van der Waals surface area contributed by atoms with Gasteiger partial charge in [0, 0.05) is 11.7 Å². The number of hydrogen-bond donors (Lipinski definition) is 2. The third-order valence-corrected chi connectivity index (χ3v) is 6.91. The number of hydrogen-bond acceptors (Lipinski definition) is 6. The molecule has 3 rings (SSSR count). The molecule has 0 fully saturated rings. The molecule has 2 atom stereocenters. The van der Waals surface area contributed by atoms with Crippen LogP contribution in [0.25, 0.3) is 0 Å². The molecule has 13 heteroatoms. The second kappa shape index (κ2) is 8.95. The minimum absolute atomic E-state index is 0.00843. The quantitative estimate of drug-likeness (QED) is 0.594. The fourth-order valence-corrected chi connectivity index (χ4v) is 4.50. The first-order valence-electron chi connectivity index (χ1n) is 10.0. The van der Waals surface area contributed by atoms with Crippen molar-refractivity contribution in [2.45, 2.75) is 49.6 Å². The zero-order valence-corrected chi connectivity index (χ0v) is 19.2. The zero-order chi connectivity index (χ0) is 25.5. The van der Waals surface area contributed by atoms with Gasteiger partial charge >= 0.3 is 12.3 Å². The Morgan fingerprint density at radius 3 is 2.38 bits per heavy atom. The minimum atomic E-state index is -4.80. The van der Waals surface area contributed by atoms with Gasteiger partial charge in [-0.1, -0.05) is 0 Å². The van der Waals surface area contributed by atoms with E-state index < -0.39 is 45.9 Å². The number of nitrogens with two attached hydrogens (primary N) is 1. The Morgan fingerprint density at radius 1 is 1.21 bits per heavy atom.